The van der Waals surface area contributed by atoms with Gasteiger partial charge in [0.2, 0.25) is 5.91 Å². The van der Waals surface area contributed by atoms with E-state index in [1.165, 1.54) is 42.8 Å². The zero-order chi connectivity index (χ0) is 13.7. The third-order valence-electron chi connectivity index (χ3n) is 3.39. The second-order valence-corrected chi connectivity index (χ2v) is 5.78. The molecule has 1 N–H and O–H groups in total. The number of rotatable bonds is 3. The first-order valence-electron chi connectivity index (χ1n) is 6.66. The fourth-order valence-corrected chi connectivity index (χ4v) is 2.73. The van der Waals surface area contributed by atoms with E-state index in [0.717, 1.165) is 12.8 Å². The van der Waals surface area contributed by atoms with E-state index in [9.17, 15) is 9.59 Å². The minimum atomic E-state index is -0.231. The summed E-state index contributed by atoms with van der Waals surface area (Å²) < 4.78 is 1.69. The fourth-order valence-electron chi connectivity index (χ4n) is 2.39. The Kier molecular flexibility index (Phi) is 5.13. The maximum atomic E-state index is 11.9. The van der Waals surface area contributed by atoms with Gasteiger partial charge in [0.05, 0.1) is 6.33 Å². The van der Waals surface area contributed by atoms with Crippen molar-refractivity contribution in [2.45, 2.75) is 51.1 Å². The second kappa shape index (κ2) is 6.84. The molecule has 5 nitrogen and oxygen atoms in total. The predicted octanol–water partition coefficient (Wildman–Crippen LogP) is 1.84. The molecule has 1 aromatic rings. The summed E-state index contributed by atoms with van der Waals surface area (Å²) in [5.74, 6) is -0.117. The van der Waals surface area contributed by atoms with Gasteiger partial charge in [0, 0.05) is 12.2 Å². The van der Waals surface area contributed by atoms with Crippen LogP contribution < -0.4 is 10.9 Å². The molecule has 1 aliphatic carbocycles. The molecule has 1 heterocycles. The topological polar surface area (TPSA) is 64.0 Å². The van der Waals surface area contributed by atoms with Crippen LogP contribution in [0.3, 0.4) is 0 Å². The summed E-state index contributed by atoms with van der Waals surface area (Å²) in [6.07, 6.45) is 9.74. The van der Waals surface area contributed by atoms with Crippen LogP contribution in [0, 0.1) is 0 Å². The van der Waals surface area contributed by atoms with Gasteiger partial charge in [-0.1, -0.05) is 25.7 Å². The average molecular weight is 328 g/mol. The number of nitrogens with zero attached hydrogens (tertiary/aromatic N) is 2. The van der Waals surface area contributed by atoms with E-state index < -0.39 is 0 Å². The lowest BCUT2D eigenvalue weighted by Gasteiger charge is -2.16. The largest absolute Gasteiger partial charge is 0.352 e. The SMILES string of the molecule is O=C(Cn1cncc(Br)c1=O)NC1CCCCCC1. The maximum absolute atomic E-state index is 11.9. The van der Waals surface area contributed by atoms with Gasteiger partial charge in [-0.05, 0) is 28.8 Å². The number of carbonyl (C=O) groups is 1. The Morgan fingerprint density at radius 2 is 2.05 bits per heavy atom. The standard InChI is InChI=1S/C13H18BrN3O2/c14-11-7-15-9-17(13(11)19)8-12(18)16-10-5-3-1-2-4-6-10/h7,9-10H,1-6,8H2,(H,16,18). The van der Waals surface area contributed by atoms with Crippen molar-refractivity contribution in [2.24, 2.45) is 0 Å². The molecule has 0 unspecified atom stereocenters. The van der Waals surface area contributed by atoms with Crippen molar-refractivity contribution >= 4 is 21.8 Å². The van der Waals surface area contributed by atoms with Gasteiger partial charge in [0.1, 0.15) is 11.0 Å². The highest BCUT2D eigenvalue weighted by Crippen LogP contribution is 2.17. The van der Waals surface area contributed by atoms with Crippen molar-refractivity contribution < 1.29 is 4.79 Å². The van der Waals surface area contributed by atoms with E-state index in [2.05, 4.69) is 26.2 Å². The van der Waals surface area contributed by atoms with Gasteiger partial charge >= 0.3 is 0 Å². The van der Waals surface area contributed by atoms with E-state index in [1.54, 1.807) is 0 Å². The van der Waals surface area contributed by atoms with Crippen molar-refractivity contribution in [3.63, 3.8) is 0 Å². The maximum Gasteiger partial charge on any atom is 0.268 e. The van der Waals surface area contributed by atoms with E-state index in [-0.39, 0.29) is 24.1 Å². The van der Waals surface area contributed by atoms with Crippen LogP contribution in [0.25, 0.3) is 0 Å². The first kappa shape index (κ1) is 14.2. The molecule has 0 spiro atoms. The molecule has 0 saturated heterocycles. The number of carbonyl (C=O) groups excluding carboxylic acids is 1. The van der Waals surface area contributed by atoms with E-state index in [4.69, 9.17) is 0 Å². The zero-order valence-corrected chi connectivity index (χ0v) is 12.4. The highest BCUT2D eigenvalue weighted by Gasteiger charge is 2.15. The van der Waals surface area contributed by atoms with Crippen LogP contribution in [0.2, 0.25) is 0 Å². The van der Waals surface area contributed by atoms with Crippen molar-refractivity contribution in [1.29, 1.82) is 0 Å². The van der Waals surface area contributed by atoms with Crippen LogP contribution in [-0.4, -0.2) is 21.5 Å². The minimum Gasteiger partial charge on any atom is -0.352 e. The van der Waals surface area contributed by atoms with Gasteiger partial charge in [-0.3, -0.25) is 14.2 Å². The molecule has 1 aliphatic rings. The molecule has 1 fully saturated rings. The normalized spacial score (nSPS) is 16.9. The Balaban J connectivity index is 1.93. The average Bonchev–Trinajstić information content (AvgIpc) is 2.63. The summed E-state index contributed by atoms with van der Waals surface area (Å²) in [4.78, 5) is 27.6. The first-order valence-corrected chi connectivity index (χ1v) is 7.45. The van der Waals surface area contributed by atoms with E-state index in [1.807, 2.05) is 0 Å². The molecule has 0 bridgehead atoms. The van der Waals surface area contributed by atoms with Crippen molar-refractivity contribution in [1.82, 2.24) is 14.9 Å². The lowest BCUT2D eigenvalue weighted by atomic mass is 10.1. The molecule has 0 aromatic carbocycles. The van der Waals surface area contributed by atoms with Gasteiger partial charge in [-0.15, -0.1) is 0 Å². The molecule has 6 heteroatoms. The highest BCUT2D eigenvalue weighted by molar-refractivity contribution is 9.10. The molecule has 1 saturated carbocycles. The summed E-state index contributed by atoms with van der Waals surface area (Å²) in [7, 11) is 0. The molecule has 0 radical (unpaired) electrons. The van der Waals surface area contributed by atoms with Crippen molar-refractivity contribution in [3.05, 3.63) is 27.4 Å². The van der Waals surface area contributed by atoms with Gasteiger partial charge in [-0.2, -0.15) is 0 Å². The molecule has 0 atom stereocenters. The van der Waals surface area contributed by atoms with E-state index >= 15 is 0 Å². The third-order valence-corrected chi connectivity index (χ3v) is 3.94. The molecule has 19 heavy (non-hydrogen) atoms. The van der Waals surface area contributed by atoms with Crippen LogP contribution >= 0.6 is 15.9 Å². The van der Waals surface area contributed by atoms with Crippen LogP contribution in [0.5, 0.6) is 0 Å². The van der Waals surface area contributed by atoms with Crippen LogP contribution in [-0.2, 0) is 11.3 Å². The molecule has 0 aliphatic heterocycles. The van der Waals surface area contributed by atoms with Crippen LogP contribution in [0.4, 0.5) is 0 Å². The van der Waals surface area contributed by atoms with E-state index in [0.29, 0.717) is 4.47 Å². The molecule has 104 valence electrons. The molecule has 1 aromatic heterocycles. The van der Waals surface area contributed by atoms with Crippen molar-refractivity contribution in [3.8, 4) is 0 Å². The van der Waals surface area contributed by atoms with Crippen molar-refractivity contribution in [2.75, 3.05) is 0 Å². The highest BCUT2D eigenvalue weighted by atomic mass is 79.9. The summed E-state index contributed by atoms with van der Waals surface area (Å²) in [6, 6.07) is 0.255. The lowest BCUT2D eigenvalue weighted by Crippen LogP contribution is -2.38. The lowest BCUT2D eigenvalue weighted by molar-refractivity contribution is -0.122. The Labute approximate surface area is 120 Å². The molecule has 1 amide bonds. The van der Waals surface area contributed by atoms with Crippen LogP contribution in [0.15, 0.2) is 21.8 Å². The fraction of sp³-hybridized carbons (Fsp3) is 0.615. The summed E-state index contributed by atoms with van der Waals surface area (Å²) in [5, 5.41) is 3.01. The zero-order valence-electron chi connectivity index (χ0n) is 10.8. The number of hydrogen-bond donors (Lipinski definition) is 1. The van der Waals surface area contributed by atoms with Gasteiger partial charge in [-0.25, -0.2) is 4.98 Å². The Bertz CT molecular complexity index is 493. The molecular formula is C13H18BrN3O2. The van der Waals surface area contributed by atoms with Gasteiger partial charge < -0.3 is 5.32 Å². The molecule has 2 rings (SSSR count). The number of aromatic nitrogens is 2. The number of halogens is 1. The van der Waals surface area contributed by atoms with Crippen LogP contribution in [0.1, 0.15) is 38.5 Å². The predicted molar refractivity (Wildman–Crippen MR) is 75.8 cm³/mol. The Morgan fingerprint density at radius 1 is 1.37 bits per heavy atom. The van der Waals surface area contributed by atoms with Gasteiger partial charge in [0.25, 0.3) is 5.56 Å². The quantitative estimate of drug-likeness (QED) is 0.861. The Hall–Kier alpha value is -1.17. The van der Waals surface area contributed by atoms with Gasteiger partial charge in [0.15, 0.2) is 0 Å². The number of nitrogens with one attached hydrogen (secondary N) is 1. The minimum absolute atomic E-state index is 0.0295. The molecular weight excluding hydrogens is 310 g/mol. The number of hydrogen-bond acceptors (Lipinski definition) is 3. The Morgan fingerprint density at radius 3 is 2.74 bits per heavy atom. The summed E-state index contributed by atoms with van der Waals surface area (Å²) >= 11 is 3.12. The smallest absolute Gasteiger partial charge is 0.268 e. The first-order chi connectivity index (χ1) is 9.16. The summed E-state index contributed by atoms with van der Waals surface area (Å²) in [6.45, 7) is 0.0295. The second-order valence-electron chi connectivity index (χ2n) is 4.93. The summed E-state index contributed by atoms with van der Waals surface area (Å²) in [5.41, 5.74) is -0.231. The third kappa shape index (κ3) is 4.16. The number of amides is 1. The monoisotopic (exact) mass is 327 g/mol.